The van der Waals surface area contributed by atoms with Crippen molar-refractivity contribution in [3.05, 3.63) is 33.6 Å². The first-order chi connectivity index (χ1) is 6.56. The Morgan fingerprint density at radius 2 is 2.14 bits per heavy atom. The molecule has 1 rings (SSSR count). The standard InChI is InChI=1S/C9H7Cl2FO2/c1-14-8(13)4-5-6(10)2-3-7(12)9(5)11/h2-3H,4H2,1H3. The van der Waals surface area contributed by atoms with E-state index >= 15 is 0 Å². The van der Waals surface area contributed by atoms with E-state index in [-0.39, 0.29) is 22.0 Å². The van der Waals surface area contributed by atoms with Crippen LogP contribution >= 0.6 is 23.2 Å². The maximum absolute atomic E-state index is 13.0. The predicted molar refractivity (Wildman–Crippen MR) is 52.1 cm³/mol. The average molecular weight is 237 g/mol. The van der Waals surface area contributed by atoms with Crippen molar-refractivity contribution < 1.29 is 13.9 Å². The maximum atomic E-state index is 13.0. The summed E-state index contributed by atoms with van der Waals surface area (Å²) in [6, 6.07) is 2.49. The van der Waals surface area contributed by atoms with Crippen LogP contribution in [0.3, 0.4) is 0 Å². The molecule has 0 amide bonds. The van der Waals surface area contributed by atoms with Crippen molar-refractivity contribution in [2.24, 2.45) is 0 Å². The fourth-order valence-corrected chi connectivity index (χ4v) is 1.45. The fourth-order valence-electron chi connectivity index (χ4n) is 0.948. The average Bonchev–Trinajstić information content (AvgIpc) is 2.18. The molecule has 2 nitrogen and oxygen atoms in total. The molecule has 0 aromatic heterocycles. The van der Waals surface area contributed by atoms with Gasteiger partial charge in [-0.25, -0.2) is 4.39 Å². The van der Waals surface area contributed by atoms with Crippen LogP contribution in [0, 0.1) is 5.82 Å². The summed E-state index contributed by atoms with van der Waals surface area (Å²) in [5.74, 6) is -1.12. The van der Waals surface area contributed by atoms with Crippen LogP contribution in [0.15, 0.2) is 12.1 Å². The van der Waals surface area contributed by atoms with Crippen molar-refractivity contribution in [1.82, 2.24) is 0 Å². The monoisotopic (exact) mass is 236 g/mol. The lowest BCUT2D eigenvalue weighted by Gasteiger charge is -2.05. The van der Waals surface area contributed by atoms with Gasteiger partial charge in [0, 0.05) is 10.6 Å². The molecule has 1 aromatic rings. The van der Waals surface area contributed by atoms with Crippen molar-refractivity contribution in [3.63, 3.8) is 0 Å². The molecule has 0 saturated carbocycles. The van der Waals surface area contributed by atoms with Gasteiger partial charge in [0.2, 0.25) is 0 Å². The molecule has 0 aliphatic heterocycles. The van der Waals surface area contributed by atoms with Gasteiger partial charge in [-0.1, -0.05) is 23.2 Å². The Labute approximate surface area is 90.6 Å². The Balaban J connectivity index is 3.06. The molecule has 0 atom stereocenters. The lowest BCUT2D eigenvalue weighted by molar-refractivity contribution is -0.139. The third-order valence-corrected chi connectivity index (χ3v) is 2.45. The molecule has 0 spiro atoms. The second-order valence-electron chi connectivity index (χ2n) is 2.57. The zero-order valence-electron chi connectivity index (χ0n) is 7.31. The normalized spacial score (nSPS) is 10.0. The van der Waals surface area contributed by atoms with Crippen molar-refractivity contribution in [1.29, 1.82) is 0 Å². The van der Waals surface area contributed by atoms with E-state index in [0.29, 0.717) is 0 Å². The SMILES string of the molecule is COC(=O)Cc1c(Cl)ccc(F)c1Cl. The number of carbonyl (C=O) groups excluding carboxylic acids is 1. The van der Waals surface area contributed by atoms with Crippen molar-refractivity contribution in [2.45, 2.75) is 6.42 Å². The number of rotatable bonds is 2. The highest BCUT2D eigenvalue weighted by Crippen LogP contribution is 2.27. The van der Waals surface area contributed by atoms with Crippen LogP contribution in [0.5, 0.6) is 0 Å². The lowest BCUT2D eigenvalue weighted by atomic mass is 10.1. The zero-order chi connectivity index (χ0) is 10.7. The number of hydrogen-bond donors (Lipinski definition) is 0. The largest absolute Gasteiger partial charge is 0.469 e. The Bertz CT molecular complexity index is 366. The molecule has 0 fully saturated rings. The summed E-state index contributed by atoms with van der Waals surface area (Å²) in [6.45, 7) is 0. The first kappa shape index (κ1) is 11.3. The minimum Gasteiger partial charge on any atom is -0.469 e. The van der Waals surface area contributed by atoms with Crippen LogP contribution in [0.2, 0.25) is 10.0 Å². The van der Waals surface area contributed by atoms with Gasteiger partial charge in [-0.05, 0) is 12.1 Å². The third kappa shape index (κ3) is 2.36. The van der Waals surface area contributed by atoms with Crippen molar-refractivity contribution in [3.8, 4) is 0 Å². The second-order valence-corrected chi connectivity index (χ2v) is 3.36. The number of benzene rings is 1. The Morgan fingerprint density at radius 1 is 1.50 bits per heavy atom. The van der Waals surface area contributed by atoms with E-state index in [2.05, 4.69) is 4.74 Å². The number of methoxy groups -OCH3 is 1. The van der Waals surface area contributed by atoms with E-state index in [9.17, 15) is 9.18 Å². The second kappa shape index (κ2) is 4.62. The minimum absolute atomic E-state index is 0.133. The summed E-state index contributed by atoms with van der Waals surface area (Å²) in [6.07, 6.45) is -0.133. The van der Waals surface area contributed by atoms with Crippen LogP contribution in [0.25, 0.3) is 0 Å². The molecule has 14 heavy (non-hydrogen) atoms. The van der Waals surface area contributed by atoms with Gasteiger partial charge < -0.3 is 4.74 Å². The summed E-state index contributed by atoms with van der Waals surface area (Å²) in [5, 5.41) is 0.115. The molecule has 0 unspecified atom stereocenters. The molecule has 76 valence electrons. The Hall–Kier alpha value is -0.800. The number of carbonyl (C=O) groups is 1. The number of halogens is 3. The maximum Gasteiger partial charge on any atom is 0.310 e. The van der Waals surface area contributed by atoms with E-state index in [1.54, 1.807) is 0 Å². The molecule has 0 heterocycles. The molecule has 1 aromatic carbocycles. The summed E-state index contributed by atoms with van der Waals surface area (Å²) in [4.78, 5) is 10.9. The zero-order valence-corrected chi connectivity index (χ0v) is 8.82. The summed E-state index contributed by atoms with van der Waals surface area (Å²) in [5.41, 5.74) is 0.250. The van der Waals surface area contributed by atoms with E-state index in [0.717, 1.165) is 6.07 Å². The van der Waals surface area contributed by atoms with Gasteiger partial charge in [-0.2, -0.15) is 0 Å². The highest BCUT2D eigenvalue weighted by Gasteiger charge is 2.14. The third-order valence-electron chi connectivity index (χ3n) is 1.69. The molecule has 0 aliphatic rings. The minimum atomic E-state index is -0.602. The molecule has 0 bridgehead atoms. The van der Waals surface area contributed by atoms with Gasteiger partial charge in [0.1, 0.15) is 5.82 Å². The van der Waals surface area contributed by atoms with Crippen molar-refractivity contribution in [2.75, 3.05) is 7.11 Å². The molecule has 0 N–H and O–H groups in total. The first-order valence-corrected chi connectivity index (χ1v) is 4.51. The van der Waals surface area contributed by atoms with Gasteiger partial charge in [-0.15, -0.1) is 0 Å². The van der Waals surface area contributed by atoms with Crippen molar-refractivity contribution >= 4 is 29.2 Å². The molecule has 0 aliphatic carbocycles. The van der Waals surface area contributed by atoms with Gasteiger partial charge in [0.25, 0.3) is 0 Å². The summed E-state index contributed by atoms with van der Waals surface area (Å²) in [7, 11) is 1.24. The van der Waals surface area contributed by atoms with E-state index in [1.165, 1.54) is 13.2 Å². The smallest absolute Gasteiger partial charge is 0.310 e. The predicted octanol–water partition coefficient (Wildman–Crippen LogP) is 2.85. The Morgan fingerprint density at radius 3 is 2.71 bits per heavy atom. The van der Waals surface area contributed by atoms with E-state index in [4.69, 9.17) is 23.2 Å². The van der Waals surface area contributed by atoms with Gasteiger partial charge in [0.05, 0.1) is 18.6 Å². The van der Waals surface area contributed by atoms with Crippen LogP contribution in [-0.2, 0) is 16.0 Å². The number of hydrogen-bond acceptors (Lipinski definition) is 2. The highest BCUT2D eigenvalue weighted by molar-refractivity contribution is 6.36. The number of esters is 1. The van der Waals surface area contributed by atoms with Gasteiger partial charge in [-0.3, -0.25) is 4.79 Å². The molecular weight excluding hydrogens is 230 g/mol. The van der Waals surface area contributed by atoms with Crippen LogP contribution < -0.4 is 0 Å². The topological polar surface area (TPSA) is 26.3 Å². The molecule has 5 heteroatoms. The van der Waals surface area contributed by atoms with Crippen LogP contribution in [0.4, 0.5) is 4.39 Å². The quantitative estimate of drug-likeness (QED) is 0.583. The Kier molecular flexibility index (Phi) is 3.72. The van der Waals surface area contributed by atoms with E-state index < -0.39 is 11.8 Å². The fraction of sp³-hybridized carbons (Fsp3) is 0.222. The molecule has 0 radical (unpaired) electrons. The highest BCUT2D eigenvalue weighted by atomic mass is 35.5. The van der Waals surface area contributed by atoms with Crippen LogP contribution in [-0.4, -0.2) is 13.1 Å². The lowest BCUT2D eigenvalue weighted by Crippen LogP contribution is -2.06. The summed E-state index contributed by atoms with van der Waals surface area (Å²) >= 11 is 11.4. The first-order valence-electron chi connectivity index (χ1n) is 3.75. The molecule has 0 saturated heterocycles. The molecular formula is C9H7Cl2FO2. The number of ether oxygens (including phenoxy) is 1. The van der Waals surface area contributed by atoms with Gasteiger partial charge >= 0.3 is 5.97 Å². The summed E-state index contributed by atoms with van der Waals surface area (Å²) < 4.78 is 17.4. The van der Waals surface area contributed by atoms with Gasteiger partial charge in [0.15, 0.2) is 0 Å². The van der Waals surface area contributed by atoms with Crippen LogP contribution in [0.1, 0.15) is 5.56 Å². The van der Waals surface area contributed by atoms with E-state index in [1.807, 2.05) is 0 Å².